The Bertz CT molecular complexity index is 2290. The number of amides is 1. The van der Waals surface area contributed by atoms with E-state index in [1.54, 1.807) is 18.2 Å². The van der Waals surface area contributed by atoms with E-state index in [-0.39, 0.29) is 30.1 Å². The first-order chi connectivity index (χ1) is 28.2. The summed E-state index contributed by atoms with van der Waals surface area (Å²) in [6.07, 6.45) is -0.551. The van der Waals surface area contributed by atoms with E-state index in [9.17, 15) is 18.3 Å². The third-order valence-corrected chi connectivity index (χ3v) is 11.7. The molecule has 0 radical (unpaired) electrons. The number of aliphatic hydroxyl groups excluding tert-OH is 1. The number of rotatable bonds is 16. The molecule has 0 unspecified atom stereocenters. The first kappa shape index (κ1) is 40.7. The van der Waals surface area contributed by atoms with E-state index in [2.05, 4.69) is 63.5 Å². The molecule has 1 heterocycles. The van der Waals surface area contributed by atoms with Gasteiger partial charge in [-0.2, -0.15) is 4.72 Å². The minimum atomic E-state index is -4.02. The number of benzene rings is 6. The summed E-state index contributed by atoms with van der Waals surface area (Å²) in [7, 11) is -4.02. The van der Waals surface area contributed by atoms with Crippen LogP contribution >= 0.6 is 0 Å². The van der Waals surface area contributed by atoms with Crippen molar-refractivity contribution in [2.24, 2.45) is 0 Å². The Morgan fingerprint density at radius 2 is 1.31 bits per heavy atom. The van der Waals surface area contributed by atoms with E-state index in [0.29, 0.717) is 24.2 Å². The van der Waals surface area contributed by atoms with Crippen molar-refractivity contribution in [3.05, 3.63) is 203 Å². The molecule has 0 bridgehead atoms. The lowest BCUT2D eigenvalue weighted by Gasteiger charge is -2.38. The highest BCUT2D eigenvalue weighted by Gasteiger charge is 2.34. The van der Waals surface area contributed by atoms with Crippen molar-refractivity contribution in [2.75, 3.05) is 11.9 Å². The molecular weight excluding hydrogens is 747 g/mol. The second kappa shape index (κ2) is 19.3. The van der Waals surface area contributed by atoms with Gasteiger partial charge in [0.15, 0.2) is 6.29 Å². The van der Waals surface area contributed by atoms with Gasteiger partial charge in [0.25, 0.3) is 0 Å². The Morgan fingerprint density at radius 1 is 0.707 bits per heavy atom. The molecule has 6 aromatic carbocycles. The van der Waals surface area contributed by atoms with E-state index in [0.717, 1.165) is 35.3 Å². The summed E-state index contributed by atoms with van der Waals surface area (Å²) in [5.74, 6) is -0.501. The van der Waals surface area contributed by atoms with Gasteiger partial charge in [-0.25, -0.2) is 8.42 Å². The van der Waals surface area contributed by atoms with Gasteiger partial charge in [-0.1, -0.05) is 145 Å². The van der Waals surface area contributed by atoms with Crippen molar-refractivity contribution in [3.8, 4) is 0 Å². The van der Waals surface area contributed by atoms with Gasteiger partial charge in [-0.3, -0.25) is 9.69 Å². The summed E-state index contributed by atoms with van der Waals surface area (Å²) in [5.41, 5.74) is 7.11. The summed E-state index contributed by atoms with van der Waals surface area (Å²) in [6.45, 7) is 3.93. The Morgan fingerprint density at radius 3 is 1.91 bits per heavy atom. The lowest BCUT2D eigenvalue weighted by atomic mass is 9.99. The number of carbonyl (C=O) groups excluding carboxylic acids is 1. The number of aliphatic hydroxyl groups is 1. The summed E-state index contributed by atoms with van der Waals surface area (Å²) in [6, 6.07) is 50.6. The van der Waals surface area contributed by atoms with Crippen LogP contribution in [0.15, 0.2) is 169 Å². The highest BCUT2D eigenvalue weighted by Crippen LogP contribution is 2.39. The van der Waals surface area contributed by atoms with Crippen molar-refractivity contribution in [3.63, 3.8) is 0 Å². The zero-order valence-electron chi connectivity index (χ0n) is 32.5. The second-order valence-electron chi connectivity index (χ2n) is 14.8. The van der Waals surface area contributed by atoms with Gasteiger partial charge in [0.05, 0.1) is 23.7 Å². The fraction of sp³-hybridized carbons (Fsp3) is 0.229. The van der Waals surface area contributed by atoms with Crippen molar-refractivity contribution >= 4 is 21.6 Å². The first-order valence-electron chi connectivity index (χ1n) is 19.6. The molecule has 10 heteroatoms. The van der Waals surface area contributed by atoms with Gasteiger partial charge in [0, 0.05) is 37.3 Å². The lowest BCUT2D eigenvalue weighted by Crippen LogP contribution is -2.45. The first-order valence-corrected chi connectivity index (χ1v) is 21.0. The quantitative estimate of drug-likeness (QED) is 0.0904. The van der Waals surface area contributed by atoms with Crippen molar-refractivity contribution in [2.45, 2.75) is 68.9 Å². The minimum Gasteiger partial charge on any atom is -0.392 e. The Kier molecular flexibility index (Phi) is 13.6. The van der Waals surface area contributed by atoms with Crippen LogP contribution in [0.3, 0.4) is 0 Å². The lowest BCUT2D eigenvalue weighted by molar-refractivity contribution is -0.253. The molecule has 6 aromatic rings. The number of hydrogen-bond acceptors (Lipinski definition) is 7. The average molecular weight is 796 g/mol. The van der Waals surface area contributed by atoms with Crippen LogP contribution in [0.25, 0.3) is 0 Å². The maximum absolute atomic E-state index is 14.0. The Labute approximate surface area is 341 Å². The SMILES string of the molecule is Cc1ccc(S(=O)(=O)N[C@H](Cc2ccccc2)C(=O)Nc2cccc([C@@H]3O[C@H](CN(Cc4ccccc4)Cc4ccccc4)C[C@H](c4ccc(CO)cc4)O3)c2)cc1. The summed E-state index contributed by atoms with van der Waals surface area (Å²) in [5, 5.41) is 12.7. The van der Waals surface area contributed by atoms with Crippen LogP contribution in [0, 0.1) is 6.92 Å². The van der Waals surface area contributed by atoms with Crippen LogP contribution in [0.4, 0.5) is 5.69 Å². The molecule has 0 aliphatic carbocycles. The van der Waals surface area contributed by atoms with Crippen LogP contribution in [0.2, 0.25) is 0 Å². The third kappa shape index (κ3) is 11.1. The average Bonchev–Trinajstić information content (AvgIpc) is 3.24. The summed E-state index contributed by atoms with van der Waals surface area (Å²) in [4.78, 5) is 16.5. The predicted octanol–water partition coefficient (Wildman–Crippen LogP) is 8.26. The number of nitrogens with one attached hydrogen (secondary N) is 2. The fourth-order valence-corrected chi connectivity index (χ4v) is 8.39. The number of sulfonamides is 1. The zero-order valence-corrected chi connectivity index (χ0v) is 33.3. The monoisotopic (exact) mass is 795 g/mol. The number of carbonyl (C=O) groups is 1. The topological polar surface area (TPSA) is 117 Å². The van der Waals surface area contributed by atoms with Crippen molar-refractivity contribution < 1.29 is 27.8 Å². The van der Waals surface area contributed by atoms with Crippen LogP contribution in [-0.4, -0.2) is 43.0 Å². The van der Waals surface area contributed by atoms with Crippen molar-refractivity contribution in [1.29, 1.82) is 0 Å². The molecule has 0 aromatic heterocycles. The molecule has 3 N–H and O–H groups in total. The van der Waals surface area contributed by atoms with Gasteiger partial charge in [-0.15, -0.1) is 0 Å². The van der Waals surface area contributed by atoms with Gasteiger partial charge in [0.2, 0.25) is 15.9 Å². The molecule has 1 aliphatic heterocycles. The van der Waals surface area contributed by atoms with E-state index in [4.69, 9.17) is 9.47 Å². The highest BCUT2D eigenvalue weighted by molar-refractivity contribution is 7.89. The van der Waals surface area contributed by atoms with Gasteiger partial charge in [0.1, 0.15) is 6.04 Å². The van der Waals surface area contributed by atoms with Crippen LogP contribution in [-0.2, 0) is 50.4 Å². The second-order valence-corrected chi connectivity index (χ2v) is 16.5. The number of nitrogens with zero attached hydrogens (tertiary/aromatic N) is 1. The smallest absolute Gasteiger partial charge is 0.242 e. The Hall–Kier alpha value is -5.46. The van der Waals surface area contributed by atoms with E-state index >= 15 is 0 Å². The molecule has 298 valence electrons. The molecule has 1 amide bonds. The van der Waals surface area contributed by atoms with Gasteiger partial charge >= 0.3 is 0 Å². The van der Waals surface area contributed by atoms with Crippen molar-refractivity contribution in [1.82, 2.24) is 9.62 Å². The number of anilines is 1. The molecule has 1 fully saturated rings. The minimum absolute atomic E-state index is 0.0494. The molecule has 1 saturated heterocycles. The maximum Gasteiger partial charge on any atom is 0.242 e. The molecular formula is C48H49N3O6S. The molecule has 7 rings (SSSR count). The third-order valence-electron chi connectivity index (χ3n) is 10.2. The largest absolute Gasteiger partial charge is 0.392 e. The zero-order chi connectivity index (χ0) is 40.3. The Balaban J connectivity index is 1.13. The van der Waals surface area contributed by atoms with E-state index < -0.39 is 28.3 Å². The fourth-order valence-electron chi connectivity index (χ4n) is 7.19. The highest BCUT2D eigenvalue weighted by atomic mass is 32.2. The normalized spacial score (nSPS) is 17.5. The molecule has 4 atom stereocenters. The molecule has 0 spiro atoms. The number of ether oxygens (including phenoxy) is 2. The van der Waals surface area contributed by atoms with Gasteiger partial charge in [-0.05, 0) is 65.4 Å². The van der Waals surface area contributed by atoms with Gasteiger partial charge < -0.3 is 19.9 Å². The molecule has 9 nitrogen and oxygen atoms in total. The number of hydrogen-bond donors (Lipinski definition) is 3. The van der Waals surface area contributed by atoms with E-state index in [1.165, 1.54) is 23.3 Å². The summed E-state index contributed by atoms with van der Waals surface area (Å²) < 4.78 is 43.1. The summed E-state index contributed by atoms with van der Waals surface area (Å²) >= 11 is 0. The molecule has 58 heavy (non-hydrogen) atoms. The predicted molar refractivity (Wildman–Crippen MR) is 226 cm³/mol. The number of aryl methyl sites for hydroxylation is 1. The van der Waals surface area contributed by atoms with E-state index in [1.807, 2.05) is 91.9 Å². The van der Waals surface area contributed by atoms with Crippen LogP contribution in [0.1, 0.15) is 57.8 Å². The van der Waals surface area contributed by atoms with Crippen LogP contribution < -0.4 is 10.0 Å². The standard InChI is InChI=1S/C48H49N3O6S/c1-35-20-26-44(27-21-35)58(54,55)50-45(28-36-12-5-2-6-13-36)47(53)49-42-19-11-18-41(29-42)48-56-43(30-46(57-48)40-24-22-39(34-52)23-25-40)33-51(31-37-14-7-3-8-15-37)32-38-16-9-4-10-17-38/h2-27,29,43,45-46,48,50,52H,28,30-34H2,1H3,(H,49,53)/t43-,45+,46+,48+/m0/s1. The maximum atomic E-state index is 14.0. The van der Waals surface area contributed by atoms with Crippen LogP contribution in [0.5, 0.6) is 0 Å². The molecule has 0 saturated carbocycles. The molecule has 1 aliphatic rings.